The highest BCUT2D eigenvalue weighted by molar-refractivity contribution is 6.19. The van der Waals surface area contributed by atoms with Crippen molar-refractivity contribution in [3.63, 3.8) is 0 Å². The molecule has 1 N–H and O–H groups in total. The number of aromatic nitrogens is 3. The first-order valence-electron chi connectivity index (χ1n) is 9.52. The van der Waals surface area contributed by atoms with Gasteiger partial charge in [0.15, 0.2) is 0 Å². The summed E-state index contributed by atoms with van der Waals surface area (Å²) in [4.78, 5) is 17.7. The second-order valence-electron chi connectivity index (χ2n) is 7.25. The smallest absolute Gasteiger partial charge is 0.0900 e. The Balaban J connectivity index is 1.66. The van der Waals surface area contributed by atoms with E-state index >= 15 is 0 Å². The lowest BCUT2D eigenvalue weighted by molar-refractivity contribution is 0.860. The van der Waals surface area contributed by atoms with Gasteiger partial charge in [0.1, 0.15) is 0 Å². The summed E-state index contributed by atoms with van der Waals surface area (Å²) in [6.07, 6.45) is 18.2. The third kappa shape index (κ3) is 2.67. The van der Waals surface area contributed by atoms with Gasteiger partial charge in [-0.15, -0.1) is 0 Å². The number of nitrogens with one attached hydrogen (secondary N) is 1. The maximum absolute atomic E-state index is 4.91. The van der Waals surface area contributed by atoms with Gasteiger partial charge in [0.25, 0.3) is 0 Å². The summed E-state index contributed by atoms with van der Waals surface area (Å²) in [7, 11) is 2.07. The van der Waals surface area contributed by atoms with E-state index in [4.69, 9.17) is 15.0 Å². The minimum atomic E-state index is 0.881. The number of aromatic amines is 1. The number of hydrogen-bond acceptors (Lipinski definition) is 3. The minimum absolute atomic E-state index is 0.881. The van der Waals surface area contributed by atoms with E-state index in [1.54, 1.807) is 0 Å². The molecule has 0 saturated carbocycles. The van der Waals surface area contributed by atoms with Gasteiger partial charge in [-0.25, -0.2) is 15.0 Å². The molecule has 5 nitrogen and oxygen atoms in total. The Kier molecular flexibility index (Phi) is 3.32. The van der Waals surface area contributed by atoms with Crippen LogP contribution in [0.1, 0.15) is 11.4 Å². The SMILES string of the molecule is Cn1c2ccc1=Cc1nc(c3[nH]cccc1-3)C=C1C=CC(=N1)C=C1C=CC(=N1)C=2. The molecule has 5 aliphatic heterocycles. The number of H-pyrrole nitrogens is 1. The fourth-order valence-corrected chi connectivity index (χ4v) is 3.85. The minimum Gasteiger partial charge on any atom is -0.359 e. The van der Waals surface area contributed by atoms with Crippen LogP contribution in [0, 0.1) is 0 Å². The summed E-state index contributed by atoms with van der Waals surface area (Å²) >= 11 is 0. The molecule has 29 heavy (non-hydrogen) atoms. The Labute approximate surface area is 167 Å². The van der Waals surface area contributed by atoms with Crippen LogP contribution in [0.15, 0.2) is 82.2 Å². The molecule has 0 unspecified atom stereocenters. The lowest BCUT2D eigenvalue weighted by Gasteiger charge is -2.00. The second-order valence-corrected chi connectivity index (χ2v) is 7.25. The molecule has 0 aromatic carbocycles. The molecular weight excluding hydrogens is 358 g/mol. The van der Waals surface area contributed by atoms with Crippen molar-refractivity contribution in [2.75, 3.05) is 0 Å². The van der Waals surface area contributed by atoms with Crippen LogP contribution in [-0.2, 0) is 7.05 Å². The topological polar surface area (TPSA) is 58.3 Å². The van der Waals surface area contributed by atoms with Crippen LogP contribution in [0.2, 0.25) is 0 Å². The van der Waals surface area contributed by atoms with E-state index in [-0.39, 0.29) is 0 Å². The molecule has 0 saturated heterocycles. The van der Waals surface area contributed by atoms with Crippen molar-refractivity contribution in [2.24, 2.45) is 17.0 Å². The zero-order valence-electron chi connectivity index (χ0n) is 15.8. The highest BCUT2D eigenvalue weighted by atomic mass is 14.9. The van der Waals surface area contributed by atoms with E-state index in [9.17, 15) is 0 Å². The molecule has 5 heteroatoms. The molecule has 0 spiro atoms. The Morgan fingerprint density at radius 2 is 1.48 bits per heavy atom. The van der Waals surface area contributed by atoms with Gasteiger partial charge < -0.3 is 9.55 Å². The first kappa shape index (κ1) is 16.0. The highest BCUT2D eigenvalue weighted by Gasteiger charge is 2.17. The van der Waals surface area contributed by atoms with Crippen LogP contribution >= 0.6 is 0 Å². The van der Waals surface area contributed by atoms with Gasteiger partial charge >= 0.3 is 0 Å². The largest absolute Gasteiger partial charge is 0.359 e. The number of pyridine rings is 1. The van der Waals surface area contributed by atoms with Crippen LogP contribution < -0.4 is 10.7 Å². The van der Waals surface area contributed by atoms with Crippen LogP contribution in [0.25, 0.3) is 29.5 Å². The normalized spacial score (nSPS) is 16.9. The van der Waals surface area contributed by atoms with Gasteiger partial charge in [-0.3, -0.25) is 0 Å². The monoisotopic (exact) mass is 375 g/mol. The fourth-order valence-electron chi connectivity index (χ4n) is 3.85. The summed E-state index contributed by atoms with van der Waals surface area (Å²) in [5.74, 6) is 0. The average molecular weight is 375 g/mol. The summed E-state index contributed by atoms with van der Waals surface area (Å²) in [6, 6.07) is 8.32. The molecule has 0 amide bonds. The van der Waals surface area contributed by atoms with Gasteiger partial charge in [0, 0.05) is 29.5 Å². The molecule has 1 aromatic heterocycles. The summed E-state index contributed by atoms with van der Waals surface area (Å²) in [5, 5.41) is 2.18. The number of rotatable bonds is 0. The van der Waals surface area contributed by atoms with Crippen LogP contribution in [0.3, 0.4) is 0 Å². The molecule has 6 rings (SSSR count). The van der Waals surface area contributed by atoms with E-state index in [1.165, 1.54) is 0 Å². The van der Waals surface area contributed by atoms with E-state index < -0.39 is 0 Å². The van der Waals surface area contributed by atoms with Crippen molar-refractivity contribution in [3.8, 4) is 11.3 Å². The maximum atomic E-state index is 4.91. The zero-order valence-corrected chi connectivity index (χ0v) is 15.8. The quantitative estimate of drug-likeness (QED) is 0.645. The number of aliphatic imine (C=N–C) groups is 2. The average Bonchev–Trinajstić information content (AvgIpc) is 3.49. The lowest BCUT2D eigenvalue weighted by Crippen LogP contribution is -2.23. The first-order valence-corrected chi connectivity index (χ1v) is 9.52. The molecule has 0 radical (unpaired) electrons. The standard InChI is InChI=1S/C24H17N5/c1-29-19-8-9-20(29)14-22-21-3-2-10-25-24(21)23(28-22)13-18-7-5-16(27-18)11-15-4-6-17(12-19)26-15/h2-14,25H,1H3. The Hall–Kier alpha value is -3.99. The molecule has 6 heterocycles. The Morgan fingerprint density at radius 1 is 0.759 bits per heavy atom. The molecule has 138 valence electrons. The van der Waals surface area contributed by atoms with E-state index in [2.05, 4.69) is 46.9 Å². The number of nitrogens with zero attached hydrogens (tertiary/aromatic N) is 4. The van der Waals surface area contributed by atoms with Crippen LogP contribution in [-0.4, -0.2) is 26.0 Å². The Bertz CT molecular complexity index is 1450. The van der Waals surface area contributed by atoms with Crippen molar-refractivity contribution in [3.05, 3.63) is 94.3 Å². The first-order chi connectivity index (χ1) is 14.2. The van der Waals surface area contributed by atoms with E-state index in [1.807, 2.05) is 48.7 Å². The molecule has 0 fully saturated rings. The number of allylic oxidation sites excluding steroid dienone is 5. The summed E-state index contributed by atoms with van der Waals surface area (Å²) < 4.78 is 2.16. The van der Waals surface area contributed by atoms with Crippen molar-refractivity contribution >= 4 is 29.7 Å². The van der Waals surface area contributed by atoms with Gasteiger partial charge in [0.05, 0.1) is 39.9 Å². The molecule has 5 aliphatic rings. The Morgan fingerprint density at radius 3 is 2.31 bits per heavy atom. The second kappa shape index (κ2) is 6.01. The summed E-state index contributed by atoms with van der Waals surface area (Å²) in [6.45, 7) is 0. The zero-order chi connectivity index (χ0) is 19.4. The molecule has 0 aliphatic carbocycles. The van der Waals surface area contributed by atoms with Gasteiger partial charge in [-0.2, -0.15) is 0 Å². The van der Waals surface area contributed by atoms with Crippen molar-refractivity contribution in [1.29, 1.82) is 0 Å². The van der Waals surface area contributed by atoms with Crippen molar-refractivity contribution in [1.82, 2.24) is 14.5 Å². The summed E-state index contributed by atoms with van der Waals surface area (Å²) in [5.41, 5.74) is 7.54. The lowest BCUT2D eigenvalue weighted by atomic mass is 10.1. The molecule has 0 atom stereocenters. The van der Waals surface area contributed by atoms with Crippen LogP contribution in [0.4, 0.5) is 0 Å². The molecule has 1 aromatic rings. The predicted molar refractivity (Wildman–Crippen MR) is 117 cm³/mol. The van der Waals surface area contributed by atoms with Gasteiger partial charge in [0.2, 0.25) is 0 Å². The maximum Gasteiger partial charge on any atom is 0.0900 e. The highest BCUT2D eigenvalue weighted by Crippen LogP contribution is 2.30. The number of hydrogen-bond donors (Lipinski definition) is 1. The van der Waals surface area contributed by atoms with E-state index in [0.717, 1.165) is 56.2 Å². The molecule has 8 bridgehead atoms. The molecular formula is C24H17N5. The third-order valence-electron chi connectivity index (χ3n) is 5.36. The van der Waals surface area contributed by atoms with Crippen molar-refractivity contribution in [2.45, 2.75) is 0 Å². The predicted octanol–water partition coefficient (Wildman–Crippen LogP) is 2.72. The van der Waals surface area contributed by atoms with Crippen LogP contribution in [0.5, 0.6) is 0 Å². The fraction of sp³-hybridized carbons (Fsp3) is 0.0417. The van der Waals surface area contributed by atoms with Crippen molar-refractivity contribution < 1.29 is 0 Å². The number of fused-ring (bicyclic) bond motifs is 9. The van der Waals surface area contributed by atoms with Gasteiger partial charge in [-0.1, -0.05) is 0 Å². The third-order valence-corrected chi connectivity index (χ3v) is 5.36. The van der Waals surface area contributed by atoms with E-state index in [0.29, 0.717) is 0 Å². The van der Waals surface area contributed by atoms with Gasteiger partial charge in [-0.05, 0) is 72.9 Å².